The van der Waals surface area contributed by atoms with Crippen LogP contribution in [0.1, 0.15) is 5.56 Å². The van der Waals surface area contributed by atoms with Crippen LogP contribution in [0.25, 0.3) is 22.6 Å². The summed E-state index contributed by atoms with van der Waals surface area (Å²) in [6.07, 6.45) is 0. The second-order valence-electron chi connectivity index (χ2n) is 5.39. The molecule has 2 aromatic heterocycles. The smallest absolute Gasteiger partial charge is 0.200 e. The molecule has 0 atom stereocenters. The van der Waals surface area contributed by atoms with Gasteiger partial charge in [0, 0.05) is 23.2 Å². The molecular formula is C18H14ClN3OS. The molecule has 2 heterocycles. The molecule has 120 valence electrons. The van der Waals surface area contributed by atoms with Gasteiger partial charge in [0.2, 0.25) is 0 Å². The van der Waals surface area contributed by atoms with Gasteiger partial charge in [-0.25, -0.2) is 0 Å². The number of hydrogen-bond acceptors (Lipinski definition) is 4. The van der Waals surface area contributed by atoms with Crippen molar-refractivity contribution in [2.45, 2.75) is 10.9 Å². The average Bonchev–Trinajstić information content (AvgIpc) is 3.17. The summed E-state index contributed by atoms with van der Waals surface area (Å²) in [6.45, 7) is 0. The molecule has 24 heavy (non-hydrogen) atoms. The molecule has 0 bridgehead atoms. The number of nitrogens with zero attached hydrogens (tertiary/aromatic N) is 3. The van der Waals surface area contributed by atoms with Gasteiger partial charge in [0.05, 0.1) is 0 Å². The maximum Gasteiger partial charge on any atom is 0.200 e. The van der Waals surface area contributed by atoms with E-state index in [-0.39, 0.29) is 0 Å². The first-order valence-electron chi connectivity index (χ1n) is 7.47. The van der Waals surface area contributed by atoms with Crippen LogP contribution in [0.3, 0.4) is 0 Å². The van der Waals surface area contributed by atoms with Crippen LogP contribution < -0.4 is 0 Å². The van der Waals surface area contributed by atoms with E-state index >= 15 is 0 Å². The van der Waals surface area contributed by atoms with Gasteiger partial charge in [0.1, 0.15) is 5.58 Å². The number of furan rings is 1. The van der Waals surface area contributed by atoms with E-state index in [1.54, 1.807) is 11.8 Å². The molecule has 0 fully saturated rings. The largest absolute Gasteiger partial charge is 0.453 e. The fourth-order valence-electron chi connectivity index (χ4n) is 2.50. The summed E-state index contributed by atoms with van der Waals surface area (Å²) in [6, 6.07) is 17.7. The SMILES string of the molecule is Cn1c(SCc2ccccc2Cl)nnc1-c1cc2ccccc2o1. The van der Waals surface area contributed by atoms with Crippen molar-refractivity contribution >= 4 is 34.3 Å². The molecule has 0 N–H and O–H groups in total. The van der Waals surface area contributed by atoms with Gasteiger partial charge >= 0.3 is 0 Å². The third kappa shape index (κ3) is 2.81. The Morgan fingerprint density at radius 1 is 1.08 bits per heavy atom. The maximum atomic E-state index is 6.21. The van der Waals surface area contributed by atoms with Crippen LogP contribution in [0.4, 0.5) is 0 Å². The van der Waals surface area contributed by atoms with Crippen LogP contribution in [0.2, 0.25) is 5.02 Å². The number of aromatic nitrogens is 3. The van der Waals surface area contributed by atoms with E-state index in [2.05, 4.69) is 10.2 Å². The van der Waals surface area contributed by atoms with Crippen molar-refractivity contribution in [3.63, 3.8) is 0 Å². The summed E-state index contributed by atoms with van der Waals surface area (Å²) in [4.78, 5) is 0. The van der Waals surface area contributed by atoms with Crippen molar-refractivity contribution in [2.24, 2.45) is 7.05 Å². The van der Waals surface area contributed by atoms with Gasteiger partial charge in [-0.3, -0.25) is 0 Å². The van der Waals surface area contributed by atoms with Gasteiger partial charge in [0.15, 0.2) is 16.7 Å². The molecule has 0 saturated heterocycles. The fraction of sp³-hybridized carbons (Fsp3) is 0.111. The zero-order valence-electron chi connectivity index (χ0n) is 12.9. The molecule has 6 heteroatoms. The van der Waals surface area contributed by atoms with Gasteiger partial charge in [-0.2, -0.15) is 0 Å². The summed E-state index contributed by atoms with van der Waals surface area (Å²) in [5.74, 6) is 2.18. The van der Waals surface area contributed by atoms with E-state index in [4.69, 9.17) is 16.0 Å². The van der Waals surface area contributed by atoms with Gasteiger partial charge in [-0.05, 0) is 23.8 Å². The molecular weight excluding hydrogens is 342 g/mol. The zero-order valence-corrected chi connectivity index (χ0v) is 14.5. The lowest BCUT2D eigenvalue weighted by molar-refractivity contribution is 0.618. The van der Waals surface area contributed by atoms with E-state index in [9.17, 15) is 0 Å². The molecule has 4 nitrogen and oxygen atoms in total. The summed E-state index contributed by atoms with van der Waals surface area (Å²) >= 11 is 7.81. The Morgan fingerprint density at radius 2 is 1.88 bits per heavy atom. The van der Waals surface area contributed by atoms with E-state index in [1.165, 1.54) is 0 Å². The Morgan fingerprint density at radius 3 is 2.71 bits per heavy atom. The highest BCUT2D eigenvalue weighted by Gasteiger charge is 2.15. The normalized spacial score (nSPS) is 11.2. The van der Waals surface area contributed by atoms with Gasteiger partial charge < -0.3 is 8.98 Å². The molecule has 4 rings (SSSR count). The number of rotatable bonds is 4. The fourth-order valence-corrected chi connectivity index (χ4v) is 3.70. The molecule has 0 aliphatic carbocycles. The number of thioether (sulfide) groups is 1. The Kier molecular flexibility index (Phi) is 4.04. The van der Waals surface area contributed by atoms with E-state index < -0.39 is 0 Å². The predicted octanol–water partition coefficient (Wildman–Crippen LogP) is 5.17. The number of fused-ring (bicyclic) bond motifs is 1. The number of halogens is 1. The first-order chi connectivity index (χ1) is 11.7. The second kappa shape index (κ2) is 6.34. The van der Waals surface area contributed by atoms with E-state index in [0.717, 1.165) is 38.2 Å². The Bertz CT molecular complexity index is 975. The van der Waals surface area contributed by atoms with Crippen molar-refractivity contribution in [3.8, 4) is 11.6 Å². The number of para-hydroxylation sites is 1. The average molecular weight is 356 g/mol. The maximum absolute atomic E-state index is 6.21. The minimum Gasteiger partial charge on any atom is -0.453 e. The number of hydrogen-bond donors (Lipinski definition) is 0. The van der Waals surface area contributed by atoms with Crippen molar-refractivity contribution in [1.29, 1.82) is 0 Å². The van der Waals surface area contributed by atoms with Crippen molar-refractivity contribution in [1.82, 2.24) is 14.8 Å². The zero-order chi connectivity index (χ0) is 16.5. The molecule has 0 radical (unpaired) electrons. The molecule has 0 saturated carbocycles. The minimum atomic E-state index is 0.716. The third-order valence-corrected chi connectivity index (χ3v) is 5.23. The monoisotopic (exact) mass is 355 g/mol. The van der Waals surface area contributed by atoms with Crippen LogP contribution in [0.5, 0.6) is 0 Å². The van der Waals surface area contributed by atoms with Crippen LogP contribution >= 0.6 is 23.4 Å². The lowest BCUT2D eigenvalue weighted by Gasteiger charge is -2.04. The Labute approximate surface area is 148 Å². The van der Waals surface area contributed by atoms with Crippen LogP contribution in [0.15, 0.2) is 64.2 Å². The summed E-state index contributed by atoms with van der Waals surface area (Å²) in [7, 11) is 1.94. The van der Waals surface area contributed by atoms with Crippen molar-refractivity contribution in [3.05, 3.63) is 65.2 Å². The Balaban J connectivity index is 1.60. The Hall–Kier alpha value is -2.24. The van der Waals surface area contributed by atoms with E-state index in [1.807, 2.05) is 66.2 Å². The third-order valence-electron chi connectivity index (χ3n) is 3.80. The standard InChI is InChI=1S/C18H14ClN3OS/c1-22-17(16-10-12-6-3-5-9-15(12)23-16)20-21-18(22)24-11-13-7-2-4-8-14(13)19/h2-10H,11H2,1H3. The van der Waals surface area contributed by atoms with Gasteiger partial charge in [0.25, 0.3) is 0 Å². The van der Waals surface area contributed by atoms with Gasteiger partial charge in [-0.15, -0.1) is 10.2 Å². The van der Waals surface area contributed by atoms with E-state index in [0.29, 0.717) is 5.82 Å². The molecule has 0 amide bonds. The topological polar surface area (TPSA) is 43.9 Å². The van der Waals surface area contributed by atoms with Crippen LogP contribution in [0, 0.1) is 0 Å². The first-order valence-corrected chi connectivity index (χ1v) is 8.83. The highest BCUT2D eigenvalue weighted by Crippen LogP contribution is 2.30. The molecule has 0 aliphatic heterocycles. The number of benzene rings is 2. The quantitative estimate of drug-likeness (QED) is 0.473. The summed E-state index contributed by atoms with van der Waals surface area (Å²) in [5, 5.41) is 11.2. The lowest BCUT2D eigenvalue weighted by atomic mass is 10.2. The van der Waals surface area contributed by atoms with Crippen molar-refractivity contribution in [2.75, 3.05) is 0 Å². The van der Waals surface area contributed by atoms with Crippen molar-refractivity contribution < 1.29 is 4.42 Å². The summed E-state index contributed by atoms with van der Waals surface area (Å²) in [5.41, 5.74) is 1.93. The molecule has 2 aromatic carbocycles. The van der Waals surface area contributed by atoms with Gasteiger partial charge in [-0.1, -0.05) is 59.8 Å². The lowest BCUT2D eigenvalue weighted by Crippen LogP contribution is -1.94. The first kappa shape index (κ1) is 15.3. The highest BCUT2D eigenvalue weighted by atomic mass is 35.5. The predicted molar refractivity (Wildman–Crippen MR) is 97.2 cm³/mol. The molecule has 0 aliphatic rings. The molecule has 0 spiro atoms. The molecule has 4 aromatic rings. The highest BCUT2D eigenvalue weighted by molar-refractivity contribution is 7.98. The molecule has 0 unspecified atom stereocenters. The second-order valence-corrected chi connectivity index (χ2v) is 6.74. The minimum absolute atomic E-state index is 0.716. The summed E-state index contributed by atoms with van der Waals surface area (Å²) < 4.78 is 7.82. The van der Waals surface area contributed by atoms with Crippen LogP contribution in [-0.2, 0) is 12.8 Å². The van der Waals surface area contributed by atoms with Crippen LogP contribution in [-0.4, -0.2) is 14.8 Å².